The summed E-state index contributed by atoms with van der Waals surface area (Å²) in [5, 5.41) is 0. The van der Waals surface area contributed by atoms with E-state index in [4.69, 9.17) is 9.47 Å². The van der Waals surface area contributed by atoms with Crippen molar-refractivity contribution >= 4 is 5.57 Å². The van der Waals surface area contributed by atoms with Crippen molar-refractivity contribution in [3.63, 3.8) is 0 Å². The van der Waals surface area contributed by atoms with Crippen molar-refractivity contribution in [1.82, 2.24) is 0 Å². The van der Waals surface area contributed by atoms with E-state index in [-0.39, 0.29) is 0 Å². The maximum Gasteiger partial charge on any atom is 0.161 e. The molecule has 0 heterocycles. The molecule has 0 spiro atoms. The zero-order chi connectivity index (χ0) is 14.4. The molecule has 0 aromatic heterocycles. The highest BCUT2D eigenvalue weighted by molar-refractivity contribution is 5.74. The Balaban J connectivity index is 2.95. The fourth-order valence-corrected chi connectivity index (χ4v) is 1.48. The van der Waals surface area contributed by atoms with Crippen LogP contribution in [-0.2, 0) is 0 Å². The Morgan fingerprint density at radius 2 is 1.63 bits per heavy atom. The SMILES string of the molecule is C=C(C)C(=C)/C=C\C(=C)c1ccc(OC)c(OC)c1. The van der Waals surface area contributed by atoms with E-state index in [0.717, 1.165) is 22.3 Å². The fourth-order valence-electron chi connectivity index (χ4n) is 1.48. The molecule has 0 aliphatic carbocycles. The summed E-state index contributed by atoms with van der Waals surface area (Å²) in [6.45, 7) is 13.7. The molecule has 0 saturated heterocycles. The molecule has 0 N–H and O–H groups in total. The summed E-state index contributed by atoms with van der Waals surface area (Å²) in [5.74, 6) is 1.39. The van der Waals surface area contributed by atoms with Crippen molar-refractivity contribution in [2.45, 2.75) is 6.92 Å². The molecule has 19 heavy (non-hydrogen) atoms. The van der Waals surface area contributed by atoms with Crippen LogP contribution in [0.3, 0.4) is 0 Å². The van der Waals surface area contributed by atoms with Crippen LogP contribution in [0.1, 0.15) is 12.5 Å². The van der Waals surface area contributed by atoms with Crippen LogP contribution < -0.4 is 9.47 Å². The van der Waals surface area contributed by atoms with Gasteiger partial charge in [0.05, 0.1) is 14.2 Å². The summed E-state index contributed by atoms with van der Waals surface area (Å²) in [6.07, 6.45) is 3.82. The van der Waals surface area contributed by atoms with Crippen LogP contribution in [-0.4, -0.2) is 14.2 Å². The van der Waals surface area contributed by atoms with Crippen molar-refractivity contribution in [2.75, 3.05) is 14.2 Å². The summed E-state index contributed by atoms with van der Waals surface area (Å²) in [5.41, 5.74) is 3.68. The van der Waals surface area contributed by atoms with E-state index >= 15 is 0 Å². The standard InChI is InChI=1S/C17H20O2/c1-12(2)13(3)7-8-14(4)15-9-10-16(18-5)17(11-15)19-6/h7-11H,1,3-4H2,2,5-6H3/b8-7-. The van der Waals surface area contributed by atoms with Gasteiger partial charge < -0.3 is 9.47 Å². The lowest BCUT2D eigenvalue weighted by Crippen LogP contribution is -1.91. The van der Waals surface area contributed by atoms with Crippen molar-refractivity contribution in [2.24, 2.45) is 0 Å². The average molecular weight is 256 g/mol. The highest BCUT2D eigenvalue weighted by atomic mass is 16.5. The van der Waals surface area contributed by atoms with Gasteiger partial charge >= 0.3 is 0 Å². The van der Waals surface area contributed by atoms with Gasteiger partial charge in [0.1, 0.15) is 0 Å². The number of benzene rings is 1. The molecule has 0 radical (unpaired) electrons. The van der Waals surface area contributed by atoms with Gasteiger partial charge in [-0.1, -0.05) is 43.5 Å². The zero-order valence-electron chi connectivity index (χ0n) is 11.8. The summed E-state index contributed by atoms with van der Waals surface area (Å²) in [6, 6.07) is 5.70. The highest BCUT2D eigenvalue weighted by Gasteiger charge is 2.05. The molecule has 0 atom stereocenters. The minimum atomic E-state index is 0.688. The quantitative estimate of drug-likeness (QED) is 0.702. The van der Waals surface area contributed by atoms with Crippen molar-refractivity contribution < 1.29 is 9.47 Å². The van der Waals surface area contributed by atoms with Crippen molar-refractivity contribution in [1.29, 1.82) is 0 Å². The third-order valence-electron chi connectivity index (χ3n) is 2.79. The summed E-state index contributed by atoms with van der Waals surface area (Å²) in [4.78, 5) is 0. The van der Waals surface area contributed by atoms with Crippen LogP contribution in [0, 0.1) is 0 Å². The van der Waals surface area contributed by atoms with Crippen LogP contribution in [0.2, 0.25) is 0 Å². The van der Waals surface area contributed by atoms with Gasteiger partial charge in [0.2, 0.25) is 0 Å². The molecule has 0 fully saturated rings. The molecule has 0 aliphatic heterocycles. The topological polar surface area (TPSA) is 18.5 Å². The van der Waals surface area contributed by atoms with Crippen molar-refractivity contribution in [3.8, 4) is 11.5 Å². The lowest BCUT2D eigenvalue weighted by atomic mass is 10.0. The summed E-state index contributed by atoms with van der Waals surface area (Å²) >= 11 is 0. The third kappa shape index (κ3) is 3.88. The molecular formula is C17H20O2. The Kier molecular flexibility index (Phi) is 5.19. The Labute approximate surface area is 115 Å². The van der Waals surface area contributed by atoms with Gasteiger partial charge in [-0.2, -0.15) is 0 Å². The maximum absolute atomic E-state index is 5.27. The average Bonchev–Trinajstić information content (AvgIpc) is 2.43. The monoisotopic (exact) mass is 256 g/mol. The molecular weight excluding hydrogens is 236 g/mol. The summed E-state index contributed by atoms with van der Waals surface area (Å²) < 4.78 is 10.5. The number of rotatable bonds is 6. The van der Waals surface area contributed by atoms with Gasteiger partial charge in [0.15, 0.2) is 11.5 Å². The highest BCUT2D eigenvalue weighted by Crippen LogP contribution is 2.30. The molecule has 1 aromatic rings. The second-order valence-corrected chi connectivity index (χ2v) is 4.23. The van der Waals surface area contributed by atoms with E-state index < -0.39 is 0 Å². The molecule has 0 aliphatic rings. The molecule has 2 nitrogen and oxygen atoms in total. The first-order chi connectivity index (χ1) is 8.99. The first kappa shape index (κ1) is 14.8. The molecule has 0 unspecified atom stereocenters. The van der Waals surface area contributed by atoms with Crippen LogP contribution in [0.5, 0.6) is 11.5 Å². The first-order valence-corrected chi connectivity index (χ1v) is 5.93. The predicted octanol–water partition coefficient (Wildman–Crippen LogP) is 4.41. The van der Waals surface area contributed by atoms with Crippen LogP contribution in [0.4, 0.5) is 0 Å². The van der Waals surface area contributed by atoms with Gasteiger partial charge in [-0.25, -0.2) is 0 Å². The van der Waals surface area contributed by atoms with Gasteiger partial charge in [0, 0.05) is 0 Å². The van der Waals surface area contributed by atoms with Crippen LogP contribution >= 0.6 is 0 Å². The largest absolute Gasteiger partial charge is 0.493 e. The van der Waals surface area contributed by atoms with Gasteiger partial charge in [-0.05, 0) is 35.8 Å². The van der Waals surface area contributed by atoms with Crippen LogP contribution in [0.25, 0.3) is 5.57 Å². The minimum Gasteiger partial charge on any atom is -0.493 e. The second kappa shape index (κ2) is 6.64. The Morgan fingerprint density at radius 1 is 1.00 bits per heavy atom. The van der Waals surface area contributed by atoms with Crippen LogP contribution in [0.15, 0.2) is 61.2 Å². The van der Waals surface area contributed by atoms with E-state index in [1.165, 1.54) is 0 Å². The fraction of sp³-hybridized carbons (Fsp3) is 0.176. The number of hydrogen-bond acceptors (Lipinski definition) is 2. The zero-order valence-corrected chi connectivity index (χ0v) is 11.8. The van der Waals surface area contributed by atoms with Gasteiger partial charge in [-0.15, -0.1) is 0 Å². The van der Waals surface area contributed by atoms with E-state index in [1.807, 2.05) is 37.3 Å². The number of methoxy groups -OCH3 is 2. The Morgan fingerprint density at radius 3 is 2.16 bits per heavy atom. The number of hydrogen-bond donors (Lipinski definition) is 0. The maximum atomic E-state index is 5.27. The van der Waals surface area contributed by atoms with E-state index in [2.05, 4.69) is 19.7 Å². The molecule has 1 rings (SSSR count). The Hall–Kier alpha value is -2.22. The Bertz CT molecular complexity index is 536. The van der Waals surface area contributed by atoms with Gasteiger partial charge in [-0.3, -0.25) is 0 Å². The third-order valence-corrected chi connectivity index (χ3v) is 2.79. The smallest absolute Gasteiger partial charge is 0.161 e. The normalized spacial score (nSPS) is 10.3. The van der Waals surface area contributed by atoms with E-state index in [1.54, 1.807) is 14.2 Å². The summed E-state index contributed by atoms with van der Waals surface area (Å²) in [7, 11) is 3.23. The van der Waals surface area contributed by atoms with E-state index in [9.17, 15) is 0 Å². The van der Waals surface area contributed by atoms with Crippen molar-refractivity contribution in [3.05, 3.63) is 66.8 Å². The molecule has 0 bridgehead atoms. The first-order valence-electron chi connectivity index (χ1n) is 5.93. The van der Waals surface area contributed by atoms with Gasteiger partial charge in [0.25, 0.3) is 0 Å². The number of allylic oxidation sites excluding steroid dienone is 5. The molecule has 100 valence electrons. The second-order valence-electron chi connectivity index (χ2n) is 4.23. The lowest BCUT2D eigenvalue weighted by molar-refractivity contribution is 0.355. The molecule has 0 saturated carbocycles. The molecule has 1 aromatic carbocycles. The van der Waals surface area contributed by atoms with E-state index in [0.29, 0.717) is 11.5 Å². The number of ether oxygens (including phenoxy) is 2. The molecule has 2 heteroatoms. The molecule has 0 amide bonds. The predicted molar refractivity (Wildman–Crippen MR) is 81.7 cm³/mol. The lowest BCUT2D eigenvalue weighted by Gasteiger charge is -2.09. The minimum absolute atomic E-state index is 0.688.